The minimum Gasteiger partial charge on any atom is -0.346 e. The quantitative estimate of drug-likeness (QED) is 0.705. The number of aromatic nitrogens is 3. The maximum atomic E-state index is 12.4. The van der Waals surface area contributed by atoms with E-state index in [1.165, 1.54) is 0 Å². The second-order valence-corrected chi connectivity index (χ2v) is 4.77. The fourth-order valence-electron chi connectivity index (χ4n) is 2.37. The molecule has 3 aromatic rings. The van der Waals surface area contributed by atoms with E-state index in [2.05, 4.69) is 22.1 Å². The summed E-state index contributed by atoms with van der Waals surface area (Å²) in [6, 6.07) is 9.70. The number of nitrogens with one attached hydrogen (secondary N) is 2. The number of allylic oxidation sites excluding steroid dienone is 1. The first-order valence-corrected chi connectivity index (χ1v) is 6.75. The van der Waals surface area contributed by atoms with Crippen molar-refractivity contribution in [3.05, 3.63) is 66.6 Å². The Labute approximate surface area is 122 Å². The lowest BCUT2D eigenvalue weighted by Crippen LogP contribution is -2.22. The van der Waals surface area contributed by atoms with Crippen LogP contribution >= 0.6 is 0 Å². The summed E-state index contributed by atoms with van der Waals surface area (Å²) in [5, 5.41) is 10.5. The molecule has 0 atom stereocenters. The Morgan fingerprint density at radius 1 is 1.38 bits per heavy atom. The molecule has 0 spiro atoms. The molecule has 0 bridgehead atoms. The minimum atomic E-state index is -0.0939. The van der Waals surface area contributed by atoms with Gasteiger partial charge in [0.25, 0.3) is 5.91 Å². The summed E-state index contributed by atoms with van der Waals surface area (Å²) in [4.78, 5) is 12.4. The van der Waals surface area contributed by atoms with Crippen LogP contribution in [0.4, 0.5) is 0 Å². The molecule has 0 aliphatic carbocycles. The zero-order valence-corrected chi connectivity index (χ0v) is 11.5. The van der Waals surface area contributed by atoms with E-state index in [0.29, 0.717) is 18.7 Å². The van der Waals surface area contributed by atoms with Gasteiger partial charge in [0.15, 0.2) is 0 Å². The predicted octanol–water partition coefficient (Wildman–Crippen LogP) is 2.48. The number of hydrogen-bond donors (Lipinski definition) is 2. The Morgan fingerprint density at radius 2 is 2.24 bits per heavy atom. The van der Waals surface area contributed by atoms with Gasteiger partial charge in [-0.3, -0.25) is 9.89 Å². The fraction of sp³-hybridized carbons (Fsp3) is 0.125. The van der Waals surface area contributed by atoms with Crippen LogP contribution in [0.15, 0.2) is 55.4 Å². The first-order valence-electron chi connectivity index (χ1n) is 6.75. The lowest BCUT2D eigenvalue weighted by atomic mass is 10.1. The van der Waals surface area contributed by atoms with Crippen molar-refractivity contribution in [2.75, 3.05) is 0 Å². The third-order valence-electron chi connectivity index (χ3n) is 3.36. The molecule has 3 rings (SSSR count). The Hall–Kier alpha value is -2.82. The van der Waals surface area contributed by atoms with E-state index < -0.39 is 0 Å². The van der Waals surface area contributed by atoms with E-state index in [4.69, 9.17) is 0 Å². The van der Waals surface area contributed by atoms with Crippen molar-refractivity contribution >= 4 is 16.8 Å². The highest BCUT2D eigenvalue weighted by atomic mass is 16.1. The first kappa shape index (κ1) is 13.2. The second-order valence-electron chi connectivity index (χ2n) is 4.77. The second kappa shape index (κ2) is 5.66. The Balaban J connectivity index is 1.88. The highest BCUT2D eigenvalue weighted by molar-refractivity contribution is 6.06. The summed E-state index contributed by atoms with van der Waals surface area (Å²) in [7, 11) is 0. The third-order valence-corrected chi connectivity index (χ3v) is 3.36. The molecule has 0 radical (unpaired) electrons. The summed E-state index contributed by atoms with van der Waals surface area (Å²) in [6.45, 7) is 4.86. The summed E-state index contributed by atoms with van der Waals surface area (Å²) in [6.07, 6.45) is 5.35. The molecule has 0 fully saturated rings. The van der Waals surface area contributed by atoms with Gasteiger partial charge in [0.05, 0.1) is 17.8 Å². The number of nitrogens with zero attached hydrogens (tertiary/aromatic N) is 2. The van der Waals surface area contributed by atoms with Gasteiger partial charge in [-0.1, -0.05) is 24.3 Å². The van der Waals surface area contributed by atoms with Crippen LogP contribution in [-0.2, 0) is 13.1 Å². The van der Waals surface area contributed by atoms with Gasteiger partial charge in [0.2, 0.25) is 0 Å². The topological polar surface area (TPSA) is 62.7 Å². The van der Waals surface area contributed by atoms with Crippen LogP contribution in [0.3, 0.4) is 0 Å². The van der Waals surface area contributed by atoms with Crippen molar-refractivity contribution in [1.29, 1.82) is 0 Å². The zero-order chi connectivity index (χ0) is 14.7. The molecular formula is C16H16N4O. The molecule has 0 aliphatic heterocycles. The molecule has 0 unspecified atom stereocenters. The normalized spacial score (nSPS) is 10.7. The molecule has 2 N–H and O–H groups in total. The number of aromatic amines is 1. The van der Waals surface area contributed by atoms with Gasteiger partial charge in [-0.2, -0.15) is 5.10 Å². The molecule has 0 saturated heterocycles. The van der Waals surface area contributed by atoms with Crippen molar-refractivity contribution in [2.45, 2.75) is 13.1 Å². The van der Waals surface area contributed by atoms with E-state index in [-0.39, 0.29) is 5.91 Å². The molecule has 5 nitrogen and oxygen atoms in total. The van der Waals surface area contributed by atoms with Crippen LogP contribution in [0.2, 0.25) is 0 Å². The van der Waals surface area contributed by atoms with Gasteiger partial charge >= 0.3 is 0 Å². The van der Waals surface area contributed by atoms with Crippen LogP contribution in [0.25, 0.3) is 10.9 Å². The highest BCUT2D eigenvalue weighted by Gasteiger charge is 2.14. The third kappa shape index (κ3) is 2.58. The van der Waals surface area contributed by atoms with E-state index in [1.54, 1.807) is 6.20 Å². The Morgan fingerprint density at radius 3 is 3.00 bits per heavy atom. The maximum Gasteiger partial charge on any atom is 0.253 e. The molecule has 21 heavy (non-hydrogen) atoms. The molecule has 5 heteroatoms. The molecule has 1 amide bonds. The van der Waals surface area contributed by atoms with Crippen LogP contribution in [-0.4, -0.2) is 20.7 Å². The van der Waals surface area contributed by atoms with Crippen LogP contribution in [0.5, 0.6) is 0 Å². The lowest BCUT2D eigenvalue weighted by Gasteiger charge is -2.02. The number of rotatable bonds is 5. The molecule has 106 valence electrons. The summed E-state index contributed by atoms with van der Waals surface area (Å²) < 4.78 is 2.02. The number of fused-ring (bicyclic) bond motifs is 1. The van der Waals surface area contributed by atoms with Crippen LogP contribution < -0.4 is 5.32 Å². The predicted molar refractivity (Wildman–Crippen MR) is 81.9 cm³/mol. The number of benzene rings is 1. The monoisotopic (exact) mass is 280 g/mol. The summed E-state index contributed by atoms with van der Waals surface area (Å²) in [5.74, 6) is -0.0939. The summed E-state index contributed by atoms with van der Waals surface area (Å²) in [5.41, 5.74) is 2.58. The molecule has 0 aliphatic rings. The SMILES string of the molecule is C=CCn1cc(C(=O)NCc2ccn[nH]2)c2ccccc21. The van der Waals surface area contributed by atoms with Gasteiger partial charge in [-0.15, -0.1) is 6.58 Å². The van der Waals surface area contributed by atoms with E-state index >= 15 is 0 Å². The van der Waals surface area contributed by atoms with Crippen molar-refractivity contribution in [2.24, 2.45) is 0 Å². The van der Waals surface area contributed by atoms with Gasteiger partial charge < -0.3 is 9.88 Å². The van der Waals surface area contributed by atoms with Crippen molar-refractivity contribution in [1.82, 2.24) is 20.1 Å². The molecule has 2 heterocycles. The first-order chi connectivity index (χ1) is 10.3. The average molecular weight is 280 g/mol. The van der Waals surface area contributed by atoms with E-state index in [1.807, 2.05) is 47.2 Å². The number of carbonyl (C=O) groups excluding carboxylic acids is 1. The Bertz CT molecular complexity index is 771. The molecule has 2 aromatic heterocycles. The van der Waals surface area contributed by atoms with Crippen LogP contribution in [0, 0.1) is 0 Å². The van der Waals surface area contributed by atoms with Gasteiger partial charge in [-0.05, 0) is 12.1 Å². The number of amides is 1. The van der Waals surface area contributed by atoms with Gasteiger partial charge in [0.1, 0.15) is 0 Å². The number of H-pyrrole nitrogens is 1. The summed E-state index contributed by atoms with van der Waals surface area (Å²) >= 11 is 0. The fourth-order valence-corrected chi connectivity index (χ4v) is 2.37. The Kier molecular flexibility index (Phi) is 3.55. The highest BCUT2D eigenvalue weighted by Crippen LogP contribution is 2.21. The van der Waals surface area contributed by atoms with Crippen LogP contribution in [0.1, 0.15) is 16.1 Å². The molecule has 0 saturated carbocycles. The lowest BCUT2D eigenvalue weighted by molar-refractivity contribution is 0.0952. The largest absolute Gasteiger partial charge is 0.346 e. The zero-order valence-electron chi connectivity index (χ0n) is 11.5. The number of carbonyl (C=O) groups is 1. The smallest absolute Gasteiger partial charge is 0.253 e. The van der Waals surface area contributed by atoms with E-state index in [9.17, 15) is 4.79 Å². The van der Waals surface area contributed by atoms with Gasteiger partial charge in [-0.25, -0.2) is 0 Å². The van der Waals surface area contributed by atoms with E-state index in [0.717, 1.165) is 16.6 Å². The number of para-hydroxylation sites is 1. The standard InChI is InChI=1S/C16H16N4O/c1-2-9-20-11-14(13-5-3-4-6-15(13)20)16(21)17-10-12-7-8-18-19-12/h2-8,11H,1,9-10H2,(H,17,21)(H,18,19). The van der Waals surface area contributed by atoms with Crippen molar-refractivity contribution < 1.29 is 4.79 Å². The molecular weight excluding hydrogens is 264 g/mol. The maximum absolute atomic E-state index is 12.4. The van der Waals surface area contributed by atoms with Crippen molar-refractivity contribution in [3.8, 4) is 0 Å². The van der Waals surface area contributed by atoms with Gasteiger partial charge in [0, 0.05) is 29.8 Å². The minimum absolute atomic E-state index is 0.0939. The average Bonchev–Trinajstić information content (AvgIpc) is 3.14. The number of hydrogen-bond acceptors (Lipinski definition) is 2. The van der Waals surface area contributed by atoms with Crippen molar-refractivity contribution in [3.63, 3.8) is 0 Å². The molecule has 1 aromatic carbocycles.